The average Bonchev–Trinajstić information content (AvgIpc) is 2.23. The Morgan fingerprint density at radius 1 is 1.40 bits per heavy atom. The fourth-order valence-electron chi connectivity index (χ4n) is 2.37. The van der Waals surface area contributed by atoms with E-state index in [1.165, 1.54) is 0 Å². The molecule has 112 valence electrons. The topological polar surface area (TPSA) is 83.6 Å². The number of alkyl halides is 1. The maximum absolute atomic E-state index is 12.3. The minimum Gasteiger partial charge on any atom is -0.346 e. The van der Waals surface area contributed by atoms with Gasteiger partial charge in [-0.25, -0.2) is 8.42 Å². The van der Waals surface area contributed by atoms with Gasteiger partial charge in [-0.1, -0.05) is 0 Å². The molecule has 1 saturated heterocycles. The molecule has 1 unspecified atom stereocenters. The van der Waals surface area contributed by atoms with E-state index in [-0.39, 0.29) is 11.4 Å². The molecule has 2 rings (SSSR count). The third kappa shape index (κ3) is 2.33. The Kier molecular flexibility index (Phi) is 3.41. The Morgan fingerprint density at radius 3 is 2.45 bits per heavy atom. The van der Waals surface area contributed by atoms with Crippen LogP contribution in [-0.2, 0) is 19.4 Å². The molecule has 0 aromatic heterocycles. The summed E-state index contributed by atoms with van der Waals surface area (Å²) in [5, 5.41) is 0.508. The van der Waals surface area contributed by atoms with Crippen LogP contribution < -0.4 is 5.32 Å². The van der Waals surface area contributed by atoms with Gasteiger partial charge >= 0.3 is 0 Å². The van der Waals surface area contributed by atoms with Gasteiger partial charge in [0.2, 0.25) is 5.91 Å². The van der Waals surface area contributed by atoms with Crippen LogP contribution in [0.25, 0.3) is 0 Å². The first-order valence-electron chi connectivity index (χ1n) is 6.17. The van der Waals surface area contributed by atoms with E-state index in [9.17, 15) is 18.0 Å². The number of carbonyl (C=O) groups is 2. The quantitative estimate of drug-likeness (QED) is 0.559. The van der Waals surface area contributed by atoms with Crippen LogP contribution in [-0.4, -0.2) is 47.2 Å². The van der Waals surface area contributed by atoms with Crippen molar-refractivity contribution in [2.24, 2.45) is 0 Å². The maximum atomic E-state index is 12.3. The molecule has 2 aliphatic rings. The van der Waals surface area contributed by atoms with Gasteiger partial charge in [-0.2, -0.15) is 0 Å². The highest BCUT2D eigenvalue weighted by molar-refractivity contribution is 7.92. The fourth-order valence-corrected chi connectivity index (χ4v) is 4.98. The average molecular weight is 321 g/mol. The summed E-state index contributed by atoms with van der Waals surface area (Å²) in [6, 6.07) is 0. The van der Waals surface area contributed by atoms with Crippen LogP contribution in [0, 0.1) is 0 Å². The molecular weight excluding hydrogens is 304 g/mol. The second-order valence-corrected chi connectivity index (χ2v) is 8.71. The zero-order chi connectivity index (χ0) is 15.5. The lowest BCUT2D eigenvalue weighted by molar-refractivity contribution is -0.141. The molecule has 2 aliphatic heterocycles. The Hall–Kier alpha value is -1.08. The zero-order valence-corrected chi connectivity index (χ0v) is 13.3. The van der Waals surface area contributed by atoms with Gasteiger partial charge in [0.15, 0.2) is 15.2 Å². The molecule has 1 fully saturated rings. The van der Waals surface area contributed by atoms with Crippen molar-refractivity contribution in [3.05, 3.63) is 11.3 Å². The van der Waals surface area contributed by atoms with Crippen LogP contribution in [0.2, 0.25) is 0 Å². The minimum absolute atomic E-state index is 0.113. The van der Waals surface area contributed by atoms with Crippen LogP contribution in [0.1, 0.15) is 27.7 Å². The van der Waals surface area contributed by atoms with Crippen LogP contribution in [0.15, 0.2) is 11.3 Å². The molecule has 6 nitrogen and oxygen atoms in total. The molecule has 2 heterocycles. The van der Waals surface area contributed by atoms with Crippen LogP contribution >= 0.6 is 11.6 Å². The van der Waals surface area contributed by atoms with Crippen molar-refractivity contribution in [2.45, 2.75) is 44.0 Å². The highest BCUT2D eigenvalue weighted by Crippen LogP contribution is 2.39. The smallest absolute Gasteiger partial charge is 0.268 e. The summed E-state index contributed by atoms with van der Waals surface area (Å²) in [4.78, 5) is 25.1. The summed E-state index contributed by atoms with van der Waals surface area (Å²) in [7, 11) is -3.53. The van der Waals surface area contributed by atoms with Crippen molar-refractivity contribution >= 4 is 33.3 Å². The van der Waals surface area contributed by atoms with Gasteiger partial charge in [0.1, 0.15) is 11.1 Å². The van der Waals surface area contributed by atoms with Gasteiger partial charge in [-0.3, -0.25) is 14.5 Å². The number of β-lactam (4-membered cyclic amide) rings is 1. The zero-order valence-electron chi connectivity index (χ0n) is 11.7. The lowest BCUT2D eigenvalue weighted by Crippen LogP contribution is -2.68. The summed E-state index contributed by atoms with van der Waals surface area (Å²) in [5.74, 6) is -1.25. The van der Waals surface area contributed by atoms with E-state index < -0.39 is 37.9 Å². The molecule has 0 spiro atoms. The summed E-state index contributed by atoms with van der Waals surface area (Å²) >= 11 is 5.78. The predicted octanol–water partition coefficient (Wildman–Crippen LogP) is 0.379. The monoisotopic (exact) mass is 320 g/mol. The number of hydrogen-bond donors (Lipinski definition) is 1. The van der Waals surface area contributed by atoms with Crippen molar-refractivity contribution in [1.29, 1.82) is 0 Å². The number of carbonyl (C=O) groups excluding carboxylic acids is 2. The first-order chi connectivity index (χ1) is 8.96. The van der Waals surface area contributed by atoms with E-state index in [0.29, 0.717) is 5.57 Å². The number of nitrogens with zero attached hydrogens (tertiary/aromatic N) is 1. The summed E-state index contributed by atoms with van der Waals surface area (Å²) in [5.41, 5.74) is -0.00801. The standard InChI is InChI=1S/C12H17ClN2O4S/c1-6-5-20(18,19)11-7(13)10(17)15(11)8(6)9(16)14-12(2,3)4/h7,11H,5H2,1-4H3,(H,14,16)/t7-,11?/m0/s1. The van der Waals surface area contributed by atoms with Gasteiger partial charge in [0.05, 0.1) is 5.75 Å². The van der Waals surface area contributed by atoms with Crippen molar-refractivity contribution in [2.75, 3.05) is 5.75 Å². The Bertz CT molecular complexity index is 618. The van der Waals surface area contributed by atoms with Crippen molar-refractivity contribution < 1.29 is 18.0 Å². The molecule has 8 heteroatoms. The lowest BCUT2D eigenvalue weighted by Gasteiger charge is -2.47. The molecule has 0 radical (unpaired) electrons. The van der Waals surface area contributed by atoms with E-state index in [4.69, 9.17) is 11.6 Å². The van der Waals surface area contributed by atoms with E-state index in [2.05, 4.69) is 5.32 Å². The number of hydrogen-bond acceptors (Lipinski definition) is 4. The first-order valence-corrected chi connectivity index (χ1v) is 8.32. The molecule has 0 aromatic carbocycles. The molecule has 2 amide bonds. The van der Waals surface area contributed by atoms with Gasteiger partial charge in [0, 0.05) is 5.54 Å². The molecule has 0 aliphatic carbocycles. The molecule has 0 bridgehead atoms. The van der Waals surface area contributed by atoms with E-state index in [1.54, 1.807) is 27.7 Å². The molecular formula is C12H17ClN2O4S. The van der Waals surface area contributed by atoms with Crippen molar-refractivity contribution in [1.82, 2.24) is 10.2 Å². The first kappa shape index (κ1) is 15.3. The van der Waals surface area contributed by atoms with Gasteiger partial charge in [-0.15, -0.1) is 11.6 Å². The van der Waals surface area contributed by atoms with E-state index in [0.717, 1.165) is 4.90 Å². The molecule has 1 N–H and O–H groups in total. The van der Waals surface area contributed by atoms with Gasteiger partial charge < -0.3 is 5.32 Å². The largest absolute Gasteiger partial charge is 0.346 e. The second-order valence-electron chi connectivity index (χ2n) is 6.14. The maximum Gasteiger partial charge on any atom is 0.268 e. The van der Waals surface area contributed by atoms with Gasteiger partial charge in [0.25, 0.3) is 5.91 Å². The van der Waals surface area contributed by atoms with E-state index in [1.807, 2.05) is 0 Å². The number of fused-ring (bicyclic) bond motifs is 1. The molecule has 0 saturated carbocycles. The van der Waals surface area contributed by atoms with Crippen LogP contribution in [0.4, 0.5) is 0 Å². The fraction of sp³-hybridized carbons (Fsp3) is 0.667. The summed E-state index contributed by atoms with van der Waals surface area (Å²) < 4.78 is 24.0. The highest BCUT2D eigenvalue weighted by Gasteiger charge is 2.58. The molecule has 0 aromatic rings. The van der Waals surface area contributed by atoms with Crippen molar-refractivity contribution in [3.8, 4) is 0 Å². The summed E-state index contributed by atoms with van der Waals surface area (Å²) in [6.07, 6.45) is 0. The van der Waals surface area contributed by atoms with Crippen molar-refractivity contribution in [3.63, 3.8) is 0 Å². The van der Waals surface area contributed by atoms with Crippen LogP contribution in [0.5, 0.6) is 0 Å². The second kappa shape index (κ2) is 4.46. The highest BCUT2D eigenvalue weighted by atomic mass is 35.5. The number of sulfone groups is 1. The van der Waals surface area contributed by atoms with E-state index >= 15 is 0 Å². The SMILES string of the molecule is CC1=C(C(=O)NC(C)(C)C)N2C(=O)[C@H](Cl)C2S(=O)(=O)C1. The minimum atomic E-state index is -3.53. The number of rotatable bonds is 1. The number of nitrogens with one attached hydrogen (secondary N) is 1. The Labute approximate surface area is 123 Å². The third-order valence-electron chi connectivity index (χ3n) is 3.11. The number of amides is 2. The Morgan fingerprint density at radius 2 is 1.95 bits per heavy atom. The third-order valence-corrected chi connectivity index (χ3v) is 5.74. The lowest BCUT2D eigenvalue weighted by atomic mass is 10.0. The van der Waals surface area contributed by atoms with Crippen LogP contribution in [0.3, 0.4) is 0 Å². The summed E-state index contributed by atoms with van der Waals surface area (Å²) in [6.45, 7) is 6.96. The predicted molar refractivity (Wildman–Crippen MR) is 74.7 cm³/mol. The Balaban J connectivity index is 2.42. The number of halogens is 1. The molecule has 2 atom stereocenters. The normalized spacial score (nSPS) is 28.9. The van der Waals surface area contributed by atoms with Gasteiger partial charge in [-0.05, 0) is 33.3 Å². The molecule has 20 heavy (non-hydrogen) atoms.